The van der Waals surface area contributed by atoms with Gasteiger partial charge in [-0.3, -0.25) is 14.3 Å². The van der Waals surface area contributed by atoms with Crippen molar-refractivity contribution in [1.29, 1.82) is 0 Å². The van der Waals surface area contributed by atoms with Crippen molar-refractivity contribution in [1.82, 2.24) is 19.6 Å². The second-order valence-electron chi connectivity index (χ2n) is 11.2. The Morgan fingerprint density at radius 3 is 2.52 bits per heavy atom. The van der Waals surface area contributed by atoms with Gasteiger partial charge in [-0.15, -0.1) is 0 Å². The van der Waals surface area contributed by atoms with Gasteiger partial charge in [0, 0.05) is 85.5 Å². The van der Waals surface area contributed by atoms with Crippen LogP contribution in [0.3, 0.4) is 0 Å². The van der Waals surface area contributed by atoms with Crippen LogP contribution in [0.1, 0.15) is 43.0 Å². The number of carbonyl (C=O) groups is 2. The molecule has 3 aromatic rings. The Labute approximate surface area is 243 Å². The largest absolute Gasteiger partial charge is 0.390 e. The summed E-state index contributed by atoms with van der Waals surface area (Å²) in [6.45, 7) is 5.50. The summed E-state index contributed by atoms with van der Waals surface area (Å²) in [5.74, 6) is 0.295. The Morgan fingerprint density at radius 2 is 1.77 bits per heavy atom. The average Bonchev–Trinajstić information content (AvgIpc) is 3.31. The van der Waals surface area contributed by atoms with Crippen molar-refractivity contribution in [3.63, 3.8) is 0 Å². The van der Waals surface area contributed by atoms with Gasteiger partial charge >= 0.3 is 0 Å². The summed E-state index contributed by atoms with van der Waals surface area (Å²) in [6.07, 6.45) is 3.36. The monoisotopic (exact) mass is 605 g/mol. The highest BCUT2D eigenvalue weighted by Crippen LogP contribution is 2.33. The predicted octanol–water partition coefficient (Wildman–Crippen LogP) is 4.02. The van der Waals surface area contributed by atoms with E-state index in [4.69, 9.17) is 5.10 Å². The molecule has 0 bridgehead atoms. The zero-order valence-corrected chi connectivity index (χ0v) is 24.5. The van der Waals surface area contributed by atoms with Crippen LogP contribution in [0.5, 0.6) is 0 Å². The topological polar surface area (TPSA) is 81.9 Å². The number of anilines is 1. The van der Waals surface area contributed by atoms with Gasteiger partial charge in [0.25, 0.3) is 0 Å². The van der Waals surface area contributed by atoms with Gasteiger partial charge in [0.1, 0.15) is 0 Å². The third kappa shape index (κ3) is 5.47. The number of aryl methyl sites for hydroxylation is 1. The van der Waals surface area contributed by atoms with Gasteiger partial charge in [0.2, 0.25) is 11.8 Å². The molecule has 8 nitrogen and oxygen atoms in total. The molecule has 40 heavy (non-hydrogen) atoms. The zero-order chi connectivity index (χ0) is 27.8. The smallest absolute Gasteiger partial charge is 0.227 e. The summed E-state index contributed by atoms with van der Waals surface area (Å²) in [7, 11) is 0. The fourth-order valence-electron chi connectivity index (χ4n) is 6.52. The summed E-state index contributed by atoms with van der Waals surface area (Å²) in [6, 6.07) is 16.6. The zero-order valence-electron chi connectivity index (χ0n) is 22.9. The first-order chi connectivity index (χ1) is 19.4. The minimum atomic E-state index is -0.568. The van der Waals surface area contributed by atoms with E-state index in [1.807, 2.05) is 44.8 Å². The molecule has 210 valence electrons. The van der Waals surface area contributed by atoms with Crippen molar-refractivity contribution in [3.05, 3.63) is 69.8 Å². The molecule has 1 atom stereocenters. The van der Waals surface area contributed by atoms with Crippen molar-refractivity contribution in [2.24, 2.45) is 0 Å². The number of para-hydroxylation sites is 1. The number of hydrogen-bond donors (Lipinski definition) is 1. The Morgan fingerprint density at radius 1 is 1.02 bits per heavy atom. The number of aliphatic hydroxyl groups excluding tert-OH is 1. The predicted molar refractivity (Wildman–Crippen MR) is 158 cm³/mol. The van der Waals surface area contributed by atoms with Gasteiger partial charge in [-0.2, -0.15) is 5.10 Å². The molecule has 0 saturated carbocycles. The molecule has 1 N–H and O–H groups in total. The van der Waals surface area contributed by atoms with E-state index in [9.17, 15) is 14.7 Å². The fourth-order valence-corrected chi connectivity index (χ4v) is 6.78. The molecule has 0 radical (unpaired) electrons. The van der Waals surface area contributed by atoms with E-state index < -0.39 is 6.10 Å². The summed E-state index contributed by atoms with van der Waals surface area (Å²) in [5, 5.41) is 16.1. The Balaban J connectivity index is 1.12. The number of piperidine rings is 1. The normalized spacial score (nSPS) is 18.9. The molecule has 3 aliphatic rings. The van der Waals surface area contributed by atoms with E-state index in [-0.39, 0.29) is 17.9 Å². The summed E-state index contributed by atoms with van der Waals surface area (Å²) in [4.78, 5) is 31.2. The van der Waals surface area contributed by atoms with Crippen LogP contribution in [-0.2, 0) is 35.5 Å². The van der Waals surface area contributed by atoms with Crippen LogP contribution >= 0.6 is 15.9 Å². The van der Waals surface area contributed by atoms with Crippen molar-refractivity contribution >= 4 is 33.4 Å². The maximum atomic E-state index is 12.9. The van der Waals surface area contributed by atoms with Crippen LogP contribution < -0.4 is 4.90 Å². The molecule has 1 unspecified atom stereocenters. The van der Waals surface area contributed by atoms with Crippen molar-refractivity contribution in [3.8, 4) is 11.3 Å². The molecule has 6 rings (SSSR count). The van der Waals surface area contributed by atoms with E-state index in [1.54, 1.807) is 6.92 Å². The lowest BCUT2D eigenvalue weighted by molar-refractivity contribution is -0.129. The Hall–Kier alpha value is -3.01. The molecule has 1 saturated heterocycles. The summed E-state index contributed by atoms with van der Waals surface area (Å²) in [5.41, 5.74) is 6.41. The van der Waals surface area contributed by atoms with E-state index in [0.29, 0.717) is 32.6 Å². The molecular formula is C31H36BrN5O3. The summed E-state index contributed by atoms with van der Waals surface area (Å²) >= 11 is 3.51. The molecule has 2 amide bonds. The molecule has 0 aliphatic carbocycles. The maximum Gasteiger partial charge on any atom is 0.227 e. The van der Waals surface area contributed by atoms with Gasteiger partial charge in [-0.25, -0.2) is 0 Å². The average molecular weight is 607 g/mol. The number of benzene rings is 2. The number of amides is 2. The van der Waals surface area contributed by atoms with Crippen molar-refractivity contribution < 1.29 is 14.7 Å². The highest BCUT2D eigenvalue weighted by molar-refractivity contribution is 9.10. The quantitative estimate of drug-likeness (QED) is 0.459. The number of fused-ring (bicyclic) bond motifs is 2. The minimum absolute atomic E-state index is 0.0679. The number of rotatable bonds is 6. The van der Waals surface area contributed by atoms with E-state index in [2.05, 4.69) is 39.0 Å². The number of aliphatic hydroxyl groups is 1. The van der Waals surface area contributed by atoms with E-state index >= 15 is 0 Å². The molecular weight excluding hydrogens is 570 g/mol. The van der Waals surface area contributed by atoms with Gasteiger partial charge in [0.15, 0.2) is 0 Å². The number of carbonyl (C=O) groups excluding carboxylic acids is 2. The number of halogens is 1. The third-order valence-electron chi connectivity index (χ3n) is 8.60. The first kappa shape index (κ1) is 27.2. The molecule has 4 heterocycles. The number of β-amino-alcohol motifs (C(OH)–C–C–N with tert-alkyl or cyclic N) is 1. The Bertz CT molecular complexity index is 1400. The first-order valence-electron chi connectivity index (χ1n) is 14.3. The lowest BCUT2D eigenvalue weighted by Gasteiger charge is -2.41. The maximum absolute atomic E-state index is 12.9. The van der Waals surface area contributed by atoms with Gasteiger partial charge in [-0.05, 0) is 43.0 Å². The molecule has 3 aliphatic heterocycles. The van der Waals surface area contributed by atoms with Crippen LogP contribution in [0, 0.1) is 0 Å². The SMILES string of the molecule is CC(=O)N1CCc2c(c(-c3ccc(Br)cc3)nn2CC(O)CN2CCC(N3C(=O)CCc4ccccc43)CC2)C1. The second-order valence-corrected chi connectivity index (χ2v) is 12.1. The Kier molecular flexibility index (Phi) is 7.79. The van der Waals surface area contributed by atoms with E-state index in [1.165, 1.54) is 5.56 Å². The number of aromatic nitrogens is 2. The van der Waals surface area contributed by atoms with Crippen LogP contribution in [0.4, 0.5) is 5.69 Å². The van der Waals surface area contributed by atoms with Gasteiger partial charge < -0.3 is 19.8 Å². The number of nitrogens with zero attached hydrogens (tertiary/aromatic N) is 5. The van der Waals surface area contributed by atoms with Crippen molar-refractivity contribution in [2.75, 3.05) is 31.1 Å². The highest BCUT2D eigenvalue weighted by Gasteiger charge is 2.33. The summed E-state index contributed by atoms with van der Waals surface area (Å²) < 4.78 is 2.97. The first-order valence-corrected chi connectivity index (χ1v) is 15.1. The van der Waals surface area contributed by atoms with Gasteiger partial charge in [-0.1, -0.05) is 46.3 Å². The lowest BCUT2D eigenvalue weighted by atomic mass is 9.95. The molecule has 1 fully saturated rings. The molecule has 0 spiro atoms. The van der Waals surface area contributed by atoms with Crippen LogP contribution in [0.2, 0.25) is 0 Å². The number of hydrogen-bond acceptors (Lipinski definition) is 5. The van der Waals surface area contributed by atoms with Crippen molar-refractivity contribution in [2.45, 2.75) is 64.3 Å². The van der Waals surface area contributed by atoms with Crippen LogP contribution in [0.25, 0.3) is 11.3 Å². The van der Waals surface area contributed by atoms with Crippen LogP contribution in [0.15, 0.2) is 53.0 Å². The standard InChI is InChI=1S/C31H36BrN5O3/c1-21(38)35-17-14-29-27(20-35)31(23-6-9-24(32)10-7-23)33-36(29)19-26(39)18-34-15-12-25(13-16-34)37-28-5-3-2-4-22(28)8-11-30(37)40/h2-7,9-10,25-26,39H,8,11-20H2,1H3. The lowest BCUT2D eigenvalue weighted by Crippen LogP contribution is -2.50. The van der Waals surface area contributed by atoms with Crippen LogP contribution in [-0.4, -0.2) is 74.8 Å². The minimum Gasteiger partial charge on any atom is -0.390 e. The molecule has 1 aromatic heterocycles. The molecule has 2 aromatic carbocycles. The molecule has 9 heteroatoms. The second kappa shape index (κ2) is 11.5. The number of likely N-dealkylation sites (tertiary alicyclic amines) is 1. The fraction of sp³-hybridized carbons (Fsp3) is 0.452. The van der Waals surface area contributed by atoms with E-state index in [0.717, 1.165) is 71.4 Å². The van der Waals surface area contributed by atoms with Gasteiger partial charge in [0.05, 0.1) is 18.3 Å². The highest BCUT2D eigenvalue weighted by atomic mass is 79.9. The third-order valence-corrected chi connectivity index (χ3v) is 9.13.